The summed E-state index contributed by atoms with van der Waals surface area (Å²) in [5.41, 5.74) is 2.88. The summed E-state index contributed by atoms with van der Waals surface area (Å²) in [7, 11) is 0. The zero-order valence-corrected chi connectivity index (χ0v) is 13.7. The van der Waals surface area contributed by atoms with Crippen LogP contribution in [0.3, 0.4) is 0 Å². The fourth-order valence-electron chi connectivity index (χ4n) is 3.69. The van der Waals surface area contributed by atoms with E-state index in [2.05, 4.69) is 65.6 Å². The maximum Gasteiger partial charge on any atom is 0.120 e. The molecule has 23 heavy (non-hydrogen) atoms. The van der Waals surface area contributed by atoms with Crippen molar-refractivity contribution in [1.82, 2.24) is 4.90 Å². The van der Waals surface area contributed by atoms with Crippen LogP contribution in [0.15, 0.2) is 60.7 Å². The molecule has 1 saturated heterocycles. The average Bonchev–Trinajstić information content (AvgIpc) is 2.59. The molecule has 2 aromatic carbocycles. The van der Waals surface area contributed by atoms with Gasteiger partial charge in [-0.25, -0.2) is 0 Å². The van der Waals surface area contributed by atoms with Gasteiger partial charge >= 0.3 is 0 Å². The molecule has 0 amide bonds. The summed E-state index contributed by atoms with van der Waals surface area (Å²) in [6, 6.07) is 21.3. The van der Waals surface area contributed by atoms with Gasteiger partial charge in [-0.05, 0) is 48.9 Å². The van der Waals surface area contributed by atoms with Crippen LogP contribution < -0.4 is 0 Å². The summed E-state index contributed by atoms with van der Waals surface area (Å²) in [6.45, 7) is 3.18. The molecular weight excluding hydrogens is 282 g/mol. The third kappa shape index (κ3) is 4.29. The van der Waals surface area contributed by atoms with Crippen LogP contribution in [0.5, 0.6) is 0 Å². The van der Waals surface area contributed by atoms with E-state index in [-0.39, 0.29) is 5.41 Å². The van der Waals surface area contributed by atoms with Crippen molar-refractivity contribution in [2.45, 2.75) is 32.2 Å². The molecule has 0 N–H and O–H groups in total. The Balaban J connectivity index is 1.62. The lowest BCUT2D eigenvalue weighted by Crippen LogP contribution is -2.41. The topological polar surface area (TPSA) is 20.3 Å². The molecular formula is C21H25NO. The lowest BCUT2D eigenvalue weighted by molar-refractivity contribution is -0.110. The second-order valence-electron chi connectivity index (χ2n) is 6.79. The van der Waals surface area contributed by atoms with E-state index < -0.39 is 0 Å². The smallest absolute Gasteiger partial charge is 0.120 e. The second-order valence-corrected chi connectivity index (χ2v) is 6.79. The molecule has 0 bridgehead atoms. The summed E-state index contributed by atoms with van der Waals surface area (Å²) >= 11 is 0. The molecule has 0 aromatic heterocycles. The van der Waals surface area contributed by atoms with Crippen LogP contribution in [0.4, 0.5) is 0 Å². The Morgan fingerprint density at radius 1 is 0.870 bits per heavy atom. The maximum atomic E-state index is 11.2. The molecule has 1 heterocycles. The lowest BCUT2D eigenvalue weighted by Gasteiger charge is -2.41. The first-order valence-electron chi connectivity index (χ1n) is 8.54. The van der Waals surface area contributed by atoms with Crippen molar-refractivity contribution < 1.29 is 4.79 Å². The molecule has 0 spiro atoms. The number of carbonyl (C=O) groups is 1. The van der Waals surface area contributed by atoms with Gasteiger partial charge in [-0.1, -0.05) is 60.7 Å². The van der Waals surface area contributed by atoms with Crippen molar-refractivity contribution in [3.05, 3.63) is 71.8 Å². The normalized spacial score (nSPS) is 17.7. The number of hydrogen-bond donors (Lipinski definition) is 0. The summed E-state index contributed by atoms with van der Waals surface area (Å²) in [4.78, 5) is 13.7. The van der Waals surface area contributed by atoms with Crippen molar-refractivity contribution in [2.75, 3.05) is 13.1 Å². The van der Waals surface area contributed by atoms with E-state index in [1.807, 2.05) is 0 Å². The van der Waals surface area contributed by atoms with Gasteiger partial charge in [0.2, 0.25) is 0 Å². The zero-order valence-electron chi connectivity index (χ0n) is 13.7. The number of carbonyl (C=O) groups excluding carboxylic acids is 1. The van der Waals surface area contributed by atoms with Gasteiger partial charge in [-0.15, -0.1) is 0 Å². The first kappa shape index (κ1) is 15.9. The predicted molar refractivity (Wildman–Crippen MR) is 94.2 cm³/mol. The molecule has 1 fully saturated rings. The van der Waals surface area contributed by atoms with Crippen molar-refractivity contribution in [1.29, 1.82) is 0 Å². The molecule has 0 atom stereocenters. The molecule has 3 rings (SSSR count). The van der Waals surface area contributed by atoms with E-state index in [9.17, 15) is 4.79 Å². The molecule has 0 radical (unpaired) electrons. The molecule has 1 aliphatic rings. The number of rotatable bonds is 6. The highest BCUT2D eigenvalue weighted by Gasteiger charge is 2.34. The largest absolute Gasteiger partial charge is 0.303 e. The monoisotopic (exact) mass is 307 g/mol. The number of nitrogens with zero attached hydrogens (tertiary/aromatic N) is 1. The highest BCUT2D eigenvalue weighted by Crippen LogP contribution is 2.38. The lowest BCUT2D eigenvalue weighted by atomic mass is 9.72. The summed E-state index contributed by atoms with van der Waals surface area (Å²) in [5.74, 6) is 0. The zero-order chi connectivity index (χ0) is 16.0. The van der Waals surface area contributed by atoms with Crippen LogP contribution in [-0.2, 0) is 17.8 Å². The molecule has 0 unspecified atom stereocenters. The minimum atomic E-state index is 0.149. The van der Waals surface area contributed by atoms with Gasteiger partial charge in [0.1, 0.15) is 6.29 Å². The van der Waals surface area contributed by atoms with Crippen molar-refractivity contribution in [3.63, 3.8) is 0 Å². The van der Waals surface area contributed by atoms with Gasteiger partial charge < -0.3 is 4.79 Å². The van der Waals surface area contributed by atoms with Gasteiger partial charge in [0, 0.05) is 13.0 Å². The Hall–Kier alpha value is -1.93. The Morgan fingerprint density at radius 3 is 2.00 bits per heavy atom. The fourth-order valence-corrected chi connectivity index (χ4v) is 3.69. The van der Waals surface area contributed by atoms with Crippen molar-refractivity contribution in [3.8, 4) is 0 Å². The molecule has 1 aliphatic heterocycles. The molecule has 120 valence electrons. The Labute approximate surface area is 139 Å². The highest BCUT2D eigenvalue weighted by atomic mass is 16.1. The predicted octanol–water partition coefficient (Wildman–Crippen LogP) is 4.10. The average molecular weight is 307 g/mol. The van der Waals surface area contributed by atoms with Crippen molar-refractivity contribution in [2.24, 2.45) is 5.41 Å². The van der Waals surface area contributed by atoms with Gasteiger partial charge in [0.15, 0.2) is 0 Å². The van der Waals surface area contributed by atoms with Gasteiger partial charge in [0.25, 0.3) is 0 Å². The van der Waals surface area contributed by atoms with E-state index in [0.717, 1.165) is 45.2 Å². The standard InChI is InChI=1S/C21H25NO/c23-16-13-21(17-19-7-3-1-4-8-19)11-14-22(15-12-21)18-20-9-5-2-6-10-20/h1-10,16H,11-15,17-18H2. The van der Waals surface area contributed by atoms with E-state index >= 15 is 0 Å². The van der Waals surface area contributed by atoms with Gasteiger partial charge in [0.05, 0.1) is 0 Å². The third-order valence-electron chi connectivity index (χ3n) is 5.10. The molecule has 0 saturated carbocycles. The molecule has 2 aromatic rings. The van der Waals surface area contributed by atoms with E-state index in [0.29, 0.717) is 6.42 Å². The van der Waals surface area contributed by atoms with Crippen LogP contribution >= 0.6 is 0 Å². The Kier molecular flexibility index (Phi) is 5.24. The summed E-state index contributed by atoms with van der Waals surface area (Å²) in [5, 5.41) is 0. The van der Waals surface area contributed by atoms with E-state index in [1.165, 1.54) is 11.1 Å². The van der Waals surface area contributed by atoms with Crippen LogP contribution in [0.25, 0.3) is 0 Å². The third-order valence-corrected chi connectivity index (χ3v) is 5.10. The maximum absolute atomic E-state index is 11.2. The number of piperidine rings is 1. The number of likely N-dealkylation sites (tertiary alicyclic amines) is 1. The second kappa shape index (κ2) is 7.56. The van der Waals surface area contributed by atoms with Gasteiger partial charge in [-0.3, -0.25) is 4.90 Å². The molecule has 2 nitrogen and oxygen atoms in total. The number of aldehydes is 1. The first-order valence-corrected chi connectivity index (χ1v) is 8.54. The minimum absolute atomic E-state index is 0.149. The number of benzene rings is 2. The Bertz CT molecular complexity index is 600. The van der Waals surface area contributed by atoms with E-state index in [1.54, 1.807) is 0 Å². The van der Waals surface area contributed by atoms with Crippen LogP contribution in [-0.4, -0.2) is 24.3 Å². The quantitative estimate of drug-likeness (QED) is 0.749. The Morgan fingerprint density at radius 2 is 1.43 bits per heavy atom. The SMILES string of the molecule is O=CCC1(Cc2ccccc2)CCN(Cc2ccccc2)CC1. The van der Waals surface area contributed by atoms with Crippen LogP contribution in [0.1, 0.15) is 30.4 Å². The van der Waals surface area contributed by atoms with E-state index in [4.69, 9.17) is 0 Å². The van der Waals surface area contributed by atoms with Gasteiger partial charge in [-0.2, -0.15) is 0 Å². The fraction of sp³-hybridized carbons (Fsp3) is 0.381. The first-order chi connectivity index (χ1) is 11.3. The summed E-state index contributed by atoms with van der Waals surface area (Å²) < 4.78 is 0. The molecule has 2 heteroatoms. The summed E-state index contributed by atoms with van der Waals surface area (Å²) in [6.07, 6.45) is 5.03. The minimum Gasteiger partial charge on any atom is -0.303 e. The molecule has 0 aliphatic carbocycles. The van der Waals surface area contributed by atoms with Crippen molar-refractivity contribution >= 4 is 6.29 Å². The van der Waals surface area contributed by atoms with Crippen LogP contribution in [0, 0.1) is 5.41 Å². The van der Waals surface area contributed by atoms with Crippen LogP contribution in [0.2, 0.25) is 0 Å². The number of hydrogen-bond acceptors (Lipinski definition) is 2. The highest BCUT2D eigenvalue weighted by molar-refractivity contribution is 5.51.